The summed E-state index contributed by atoms with van der Waals surface area (Å²) in [6.07, 6.45) is 4.73. The van der Waals surface area contributed by atoms with Crippen molar-refractivity contribution in [1.82, 2.24) is 19.8 Å². The second kappa shape index (κ2) is 9.96. The minimum atomic E-state index is -0.248. The molecule has 0 aliphatic carbocycles. The lowest BCUT2D eigenvalue weighted by atomic mass is 9.99. The molecule has 4 aromatic rings. The van der Waals surface area contributed by atoms with Crippen LogP contribution in [-0.2, 0) is 12.8 Å². The van der Waals surface area contributed by atoms with Crippen LogP contribution in [0.4, 0.5) is 0 Å². The maximum absolute atomic E-state index is 12.5. The quantitative estimate of drug-likeness (QED) is 0.325. The van der Waals surface area contributed by atoms with Gasteiger partial charge in [0.1, 0.15) is 0 Å². The number of hydrogen-bond acceptors (Lipinski definition) is 6. The van der Waals surface area contributed by atoms with E-state index in [0.29, 0.717) is 54.0 Å². The highest BCUT2D eigenvalue weighted by atomic mass is 16.2. The van der Waals surface area contributed by atoms with Crippen molar-refractivity contribution in [3.8, 4) is 11.4 Å². The average Bonchev–Trinajstić information content (AvgIpc) is 3.36. The van der Waals surface area contributed by atoms with E-state index in [9.17, 15) is 19.2 Å². The molecule has 8 nitrogen and oxygen atoms in total. The zero-order valence-corrected chi connectivity index (χ0v) is 22.2. The van der Waals surface area contributed by atoms with E-state index in [1.807, 2.05) is 42.5 Å². The van der Waals surface area contributed by atoms with E-state index in [1.165, 1.54) is 9.80 Å². The molecule has 4 amide bonds. The summed E-state index contributed by atoms with van der Waals surface area (Å²) in [5, 5.41) is 0. The summed E-state index contributed by atoms with van der Waals surface area (Å²) in [6, 6.07) is 18.8. The van der Waals surface area contributed by atoms with Crippen LogP contribution in [0.3, 0.4) is 0 Å². The second-order valence-electron chi connectivity index (χ2n) is 9.93. The number of rotatable bonds is 7. The van der Waals surface area contributed by atoms with Crippen LogP contribution in [0.15, 0.2) is 73.1 Å². The summed E-state index contributed by atoms with van der Waals surface area (Å²) in [6.45, 7) is 4.30. The van der Waals surface area contributed by atoms with Crippen LogP contribution in [0.5, 0.6) is 0 Å². The largest absolute Gasteiger partial charge is 0.275 e. The third kappa shape index (κ3) is 4.27. The van der Waals surface area contributed by atoms with Crippen molar-refractivity contribution in [2.45, 2.75) is 26.7 Å². The molecule has 3 heterocycles. The van der Waals surface area contributed by atoms with Crippen molar-refractivity contribution in [3.05, 3.63) is 118 Å². The van der Waals surface area contributed by atoms with Gasteiger partial charge in [0.05, 0.1) is 22.3 Å². The lowest BCUT2D eigenvalue weighted by Gasteiger charge is -2.08. The molecule has 0 spiro atoms. The van der Waals surface area contributed by atoms with Crippen LogP contribution in [0, 0.1) is 0 Å². The van der Waals surface area contributed by atoms with Crippen molar-refractivity contribution < 1.29 is 19.2 Å². The van der Waals surface area contributed by atoms with Crippen LogP contribution < -0.4 is 0 Å². The lowest BCUT2D eigenvalue weighted by molar-refractivity contribution is 0.0647. The molecule has 0 saturated carbocycles. The minimum Gasteiger partial charge on any atom is -0.275 e. The standard InChI is InChI=1S/C32H26N4O4/c1-3-35-29(37)24-11-7-20(15-26(24)31(35)39)13-19-5-9-23(10-6-19)28-33-17-22(18-34-28)14-21-8-12-25-27(16-21)32(40)36(4-2)30(25)38/h5-12,15-18H,3-4,13-14H2,1-2H3. The third-order valence-electron chi connectivity index (χ3n) is 7.44. The molecule has 6 rings (SSSR count). The molecule has 2 aliphatic rings. The van der Waals surface area contributed by atoms with Gasteiger partial charge in [-0.25, -0.2) is 9.97 Å². The fourth-order valence-electron chi connectivity index (χ4n) is 5.31. The number of benzene rings is 3. The molecule has 40 heavy (non-hydrogen) atoms. The maximum atomic E-state index is 12.5. The fraction of sp³-hybridized carbons (Fsp3) is 0.188. The first kappa shape index (κ1) is 25.3. The molecule has 1 aromatic heterocycles. The molecule has 0 saturated heterocycles. The van der Waals surface area contributed by atoms with Gasteiger partial charge in [-0.05, 0) is 66.8 Å². The van der Waals surface area contributed by atoms with Crippen molar-refractivity contribution in [3.63, 3.8) is 0 Å². The number of nitrogens with zero attached hydrogens (tertiary/aromatic N) is 4. The smallest absolute Gasteiger partial charge is 0.261 e. The van der Waals surface area contributed by atoms with Gasteiger partial charge in [-0.2, -0.15) is 0 Å². The number of aromatic nitrogens is 2. The number of amides is 4. The van der Waals surface area contributed by atoms with Crippen molar-refractivity contribution in [2.24, 2.45) is 0 Å². The zero-order chi connectivity index (χ0) is 28.0. The van der Waals surface area contributed by atoms with Gasteiger partial charge in [-0.3, -0.25) is 29.0 Å². The van der Waals surface area contributed by atoms with Crippen molar-refractivity contribution >= 4 is 23.6 Å². The van der Waals surface area contributed by atoms with E-state index in [2.05, 4.69) is 9.97 Å². The summed E-state index contributed by atoms with van der Waals surface area (Å²) in [4.78, 5) is 61.3. The highest BCUT2D eigenvalue weighted by Gasteiger charge is 2.35. The minimum absolute atomic E-state index is 0.230. The number of fused-ring (bicyclic) bond motifs is 2. The first-order valence-corrected chi connectivity index (χ1v) is 13.3. The van der Waals surface area contributed by atoms with Gasteiger partial charge in [0.15, 0.2) is 5.82 Å². The van der Waals surface area contributed by atoms with E-state index in [4.69, 9.17) is 0 Å². The lowest BCUT2D eigenvalue weighted by Crippen LogP contribution is -2.29. The Labute approximate surface area is 231 Å². The molecule has 0 fully saturated rings. The van der Waals surface area contributed by atoms with E-state index in [0.717, 1.165) is 27.8 Å². The van der Waals surface area contributed by atoms with Crippen LogP contribution in [0.25, 0.3) is 11.4 Å². The number of carbonyl (C=O) groups excluding carboxylic acids is 4. The Morgan fingerprint density at radius 3 is 1.43 bits per heavy atom. The van der Waals surface area contributed by atoms with Crippen LogP contribution in [0.2, 0.25) is 0 Å². The molecular weight excluding hydrogens is 504 g/mol. The third-order valence-corrected chi connectivity index (χ3v) is 7.44. The Kier molecular flexibility index (Phi) is 6.30. The van der Waals surface area contributed by atoms with Gasteiger partial charge in [-0.1, -0.05) is 36.4 Å². The first-order valence-electron chi connectivity index (χ1n) is 13.3. The van der Waals surface area contributed by atoms with Crippen LogP contribution >= 0.6 is 0 Å². The molecule has 0 unspecified atom stereocenters. The predicted octanol–water partition coefficient (Wildman–Crippen LogP) is 4.56. The Morgan fingerprint density at radius 1 is 0.525 bits per heavy atom. The molecular formula is C32H26N4O4. The molecule has 0 radical (unpaired) electrons. The molecule has 0 bridgehead atoms. The van der Waals surface area contributed by atoms with Gasteiger partial charge in [0.25, 0.3) is 23.6 Å². The molecule has 8 heteroatoms. The molecule has 2 aliphatic heterocycles. The Hall–Kier alpha value is -4.98. The Balaban J connectivity index is 1.13. The predicted molar refractivity (Wildman–Crippen MR) is 148 cm³/mol. The molecule has 3 aromatic carbocycles. The Bertz CT molecular complexity index is 1570. The van der Waals surface area contributed by atoms with Gasteiger partial charge in [0.2, 0.25) is 0 Å². The highest BCUT2D eigenvalue weighted by molar-refractivity contribution is 6.22. The molecule has 0 atom stereocenters. The first-order chi connectivity index (χ1) is 19.4. The van der Waals surface area contributed by atoms with Crippen LogP contribution in [-0.4, -0.2) is 56.5 Å². The highest BCUT2D eigenvalue weighted by Crippen LogP contribution is 2.27. The maximum Gasteiger partial charge on any atom is 0.261 e. The zero-order valence-electron chi connectivity index (χ0n) is 22.2. The van der Waals surface area contributed by atoms with Gasteiger partial charge < -0.3 is 0 Å². The van der Waals surface area contributed by atoms with E-state index < -0.39 is 0 Å². The summed E-state index contributed by atoms with van der Waals surface area (Å²) >= 11 is 0. The SMILES string of the molecule is CCN1C(=O)c2ccc(Cc3ccc(-c4ncc(Cc5ccc6c(c5)C(=O)N(CC)C6=O)cn4)cc3)cc2C1=O. The summed E-state index contributed by atoms with van der Waals surface area (Å²) in [5.41, 5.74) is 6.56. The second-order valence-corrected chi connectivity index (χ2v) is 9.93. The topological polar surface area (TPSA) is 101 Å². The number of hydrogen-bond donors (Lipinski definition) is 0. The van der Waals surface area contributed by atoms with E-state index in [1.54, 1.807) is 44.4 Å². The Morgan fingerprint density at radius 2 is 0.950 bits per heavy atom. The van der Waals surface area contributed by atoms with Crippen molar-refractivity contribution in [1.29, 1.82) is 0 Å². The fourth-order valence-corrected chi connectivity index (χ4v) is 5.31. The van der Waals surface area contributed by atoms with E-state index in [-0.39, 0.29) is 23.6 Å². The van der Waals surface area contributed by atoms with E-state index >= 15 is 0 Å². The van der Waals surface area contributed by atoms with Crippen LogP contribution in [0.1, 0.15) is 77.5 Å². The number of carbonyl (C=O) groups is 4. The molecule has 0 N–H and O–H groups in total. The van der Waals surface area contributed by atoms with Crippen molar-refractivity contribution in [2.75, 3.05) is 13.1 Å². The van der Waals surface area contributed by atoms with Gasteiger partial charge >= 0.3 is 0 Å². The van der Waals surface area contributed by atoms with Gasteiger partial charge in [-0.15, -0.1) is 0 Å². The summed E-state index contributed by atoms with van der Waals surface area (Å²) in [7, 11) is 0. The average molecular weight is 531 g/mol. The normalized spacial score (nSPS) is 14.2. The molecule has 198 valence electrons. The van der Waals surface area contributed by atoms with Gasteiger partial charge in [0, 0.05) is 37.5 Å². The number of imide groups is 2. The monoisotopic (exact) mass is 530 g/mol. The summed E-state index contributed by atoms with van der Waals surface area (Å²) in [5.74, 6) is -0.350. The summed E-state index contributed by atoms with van der Waals surface area (Å²) < 4.78 is 0.